The van der Waals surface area contributed by atoms with E-state index in [-0.39, 0.29) is 5.82 Å². The number of aromatic nitrogens is 2. The molecule has 0 spiro atoms. The molecule has 0 saturated carbocycles. The van der Waals surface area contributed by atoms with Gasteiger partial charge in [-0.25, -0.2) is 14.4 Å². The van der Waals surface area contributed by atoms with Crippen molar-refractivity contribution in [3.05, 3.63) is 48.3 Å². The summed E-state index contributed by atoms with van der Waals surface area (Å²) < 4.78 is 12.8. The van der Waals surface area contributed by atoms with E-state index in [1.54, 1.807) is 24.5 Å². The number of aryl methyl sites for hydroxylation is 1. The summed E-state index contributed by atoms with van der Waals surface area (Å²) in [4.78, 5) is 8.51. The second kappa shape index (κ2) is 5.50. The minimum Gasteiger partial charge on any atom is -0.330 e. The van der Waals surface area contributed by atoms with Gasteiger partial charge < -0.3 is 5.73 Å². The summed E-state index contributed by atoms with van der Waals surface area (Å²) in [5, 5.41) is 0. The van der Waals surface area contributed by atoms with Crippen molar-refractivity contribution in [3.8, 4) is 11.1 Å². The zero-order valence-corrected chi connectivity index (χ0v) is 9.44. The van der Waals surface area contributed by atoms with Gasteiger partial charge in [0.05, 0.1) is 0 Å². The summed E-state index contributed by atoms with van der Waals surface area (Å²) in [5.74, 6) is 0.551. The Hall–Kier alpha value is -1.81. The zero-order valence-electron chi connectivity index (χ0n) is 9.44. The number of nitrogens with two attached hydrogens (primary N) is 1. The normalized spacial score (nSPS) is 10.5. The molecule has 0 radical (unpaired) electrons. The largest absolute Gasteiger partial charge is 0.330 e. The average Bonchev–Trinajstić information content (AvgIpc) is 2.38. The molecule has 0 atom stereocenters. The van der Waals surface area contributed by atoms with Crippen molar-refractivity contribution in [2.24, 2.45) is 5.73 Å². The summed E-state index contributed by atoms with van der Waals surface area (Å²) in [6, 6.07) is 6.29. The number of halogens is 1. The minimum absolute atomic E-state index is 0.241. The maximum absolute atomic E-state index is 12.8. The molecule has 2 rings (SSSR count). The van der Waals surface area contributed by atoms with Crippen LogP contribution in [0.1, 0.15) is 12.2 Å². The first kappa shape index (κ1) is 11.7. The van der Waals surface area contributed by atoms with Gasteiger partial charge in [-0.05, 0) is 30.7 Å². The van der Waals surface area contributed by atoms with Gasteiger partial charge in [-0.15, -0.1) is 0 Å². The molecule has 3 nitrogen and oxygen atoms in total. The van der Waals surface area contributed by atoms with Crippen LogP contribution >= 0.6 is 0 Å². The Morgan fingerprint density at radius 1 is 1.00 bits per heavy atom. The molecule has 0 aliphatic carbocycles. The molecule has 2 aromatic rings. The van der Waals surface area contributed by atoms with Crippen molar-refractivity contribution in [3.63, 3.8) is 0 Å². The predicted molar refractivity (Wildman–Crippen MR) is 64.8 cm³/mol. The third-order valence-electron chi connectivity index (χ3n) is 2.49. The van der Waals surface area contributed by atoms with Crippen LogP contribution in [0.4, 0.5) is 4.39 Å². The van der Waals surface area contributed by atoms with Crippen LogP contribution in [0.5, 0.6) is 0 Å². The summed E-state index contributed by atoms with van der Waals surface area (Å²) in [7, 11) is 0. The van der Waals surface area contributed by atoms with Gasteiger partial charge in [-0.2, -0.15) is 0 Å². The summed E-state index contributed by atoms with van der Waals surface area (Å²) in [5.41, 5.74) is 7.22. The van der Waals surface area contributed by atoms with Gasteiger partial charge in [0.1, 0.15) is 11.6 Å². The third-order valence-corrected chi connectivity index (χ3v) is 2.49. The number of hydrogen-bond donors (Lipinski definition) is 1. The molecule has 0 saturated heterocycles. The van der Waals surface area contributed by atoms with E-state index in [0.29, 0.717) is 6.54 Å². The van der Waals surface area contributed by atoms with Crippen LogP contribution in [0.25, 0.3) is 11.1 Å². The molecule has 0 amide bonds. The zero-order chi connectivity index (χ0) is 12.1. The molecular weight excluding hydrogens is 217 g/mol. The van der Waals surface area contributed by atoms with Crippen LogP contribution in [0.2, 0.25) is 0 Å². The fourth-order valence-corrected chi connectivity index (χ4v) is 1.54. The van der Waals surface area contributed by atoms with Crippen molar-refractivity contribution in [2.45, 2.75) is 12.8 Å². The second-order valence-electron chi connectivity index (χ2n) is 3.79. The van der Waals surface area contributed by atoms with E-state index in [9.17, 15) is 4.39 Å². The molecule has 88 valence electrons. The van der Waals surface area contributed by atoms with E-state index < -0.39 is 0 Å². The van der Waals surface area contributed by atoms with E-state index in [2.05, 4.69) is 9.97 Å². The lowest BCUT2D eigenvalue weighted by atomic mass is 10.1. The van der Waals surface area contributed by atoms with Crippen LogP contribution in [-0.2, 0) is 6.42 Å². The number of rotatable bonds is 4. The maximum atomic E-state index is 12.8. The highest BCUT2D eigenvalue weighted by molar-refractivity contribution is 5.61. The maximum Gasteiger partial charge on any atom is 0.128 e. The van der Waals surface area contributed by atoms with E-state index in [4.69, 9.17) is 5.73 Å². The Labute approximate surface area is 99.5 Å². The second-order valence-corrected chi connectivity index (χ2v) is 3.79. The van der Waals surface area contributed by atoms with Crippen LogP contribution in [-0.4, -0.2) is 16.5 Å². The smallest absolute Gasteiger partial charge is 0.128 e. The molecule has 0 bridgehead atoms. The molecule has 0 unspecified atom stereocenters. The molecule has 2 N–H and O–H groups in total. The molecule has 1 aromatic carbocycles. The predicted octanol–water partition coefficient (Wildman–Crippen LogP) is 2.17. The third kappa shape index (κ3) is 3.07. The van der Waals surface area contributed by atoms with E-state index >= 15 is 0 Å². The van der Waals surface area contributed by atoms with E-state index in [1.165, 1.54) is 12.1 Å². The monoisotopic (exact) mass is 231 g/mol. The SMILES string of the molecule is NCCCc1ncc(-c2ccc(F)cc2)cn1. The summed E-state index contributed by atoms with van der Waals surface area (Å²) in [6.07, 6.45) is 5.19. The Morgan fingerprint density at radius 3 is 2.24 bits per heavy atom. The first-order valence-corrected chi connectivity index (χ1v) is 5.56. The van der Waals surface area contributed by atoms with Crippen LogP contribution in [0, 0.1) is 5.82 Å². The van der Waals surface area contributed by atoms with Crippen molar-refractivity contribution in [2.75, 3.05) is 6.54 Å². The van der Waals surface area contributed by atoms with Crippen LogP contribution in [0.15, 0.2) is 36.7 Å². The van der Waals surface area contributed by atoms with Gasteiger partial charge in [-0.1, -0.05) is 12.1 Å². The molecule has 0 fully saturated rings. The van der Waals surface area contributed by atoms with Gasteiger partial charge in [0.25, 0.3) is 0 Å². The molecule has 1 aromatic heterocycles. The topological polar surface area (TPSA) is 51.8 Å². The van der Waals surface area contributed by atoms with Crippen LogP contribution < -0.4 is 5.73 Å². The highest BCUT2D eigenvalue weighted by atomic mass is 19.1. The lowest BCUT2D eigenvalue weighted by molar-refractivity contribution is 0.628. The molecule has 4 heteroatoms. The minimum atomic E-state index is -0.241. The fraction of sp³-hybridized carbons (Fsp3) is 0.231. The van der Waals surface area contributed by atoms with Gasteiger partial charge in [0, 0.05) is 24.4 Å². The quantitative estimate of drug-likeness (QED) is 0.877. The summed E-state index contributed by atoms with van der Waals surface area (Å²) >= 11 is 0. The van der Waals surface area contributed by atoms with Gasteiger partial charge in [0.2, 0.25) is 0 Å². The first-order chi connectivity index (χ1) is 8.29. The summed E-state index contributed by atoms with van der Waals surface area (Å²) in [6.45, 7) is 0.642. The standard InChI is InChI=1S/C13H14FN3/c14-12-5-3-10(4-6-12)11-8-16-13(17-9-11)2-1-7-15/h3-6,8-9H,1-2,7,15H2. The van der Waals surface area contributed by atoms with Crippen LogP contribution in [0.3, 0.4) is 0 Å². The Morgan fingerprint density at radius 2 is 1.65 bits per heavy atom. The molecule has 17 heavy (non-hydrogen) atoms. The van der Waals surface area contributed by atoms with Gasteiger partial charge >= 0.3 is 0 Å². The highest BCUT2D eigenvalue weighted by Crippen LogP contribution is 2.17. The highest BCUT2D eigenvalue weighted by Gasteiger charge is 2.00. The van der Waals surface area contributed by atoms with Gasteiger partial charge in [0.15, 0.2) is 0 Å². The van der Waals surface area contributed by atoms with Gasteiger partial charge in [-0.3, -0.25) is 0 Å². The van der Waals surface area contributed by atoms with Crippen molar-refractivity contribution in [1.29, 1.82) is 0 Å². The molecule has 1 heterocycles. The molecule has 0 aliphatic rings. The fourth-order valence-electron chi connectivity index (χ4n) is 1.54. The molecule has 0 aliphatic heterocycles. The lowest BCUT2D eigenvalue weighted by Crippen LogP contribution is -2.03. The molecular formula is C13H14FN3. The van der Waals surface area contributed by atoms with Crippen molar-refractivity contribution < 1.29 is 4.39 Å². The van der Waals surface area contributed by atoms with E-state index in [0.717, 1.165) is 29.8 Å². The Balaban J connectivity index is 2.14. The Bertz CT molecular complexity index is 465. The lowest BCUT2D eigenvalue weighted by Gasteiger charge is -2.02. The average molecular weight is 231 g/mol. The Kier molecular flexibility index (Phi) is 3.77. The number of nitrogens with zero attached hydrogens (tertiary/aromatic N) is 2. The van der Waals surface area contributed by atoms with E-state index in [1.807, 2.05) is 0 Å². The van der Waals surface area contributed by atoms with Crippen molar-refractivity contribution in [1.82, 2.24) is 9.97 Å². The number of hydrogen-bond acceptors (Lipinski definition) is 3. The number of benzene rings is 1. The first-order valence-electron chi connectivity index (χ1n) is 5.56. The van der Waals surface area contributed by atoms with Crippen molar-refractivity contribution >= 4 is 0 Å².